The maximum atomic E-state index is 12.3. The van der Waals surface area contributed by atoms with Gasteiger partial charge in [-0.15, -0.1) is 0 Å². The van der Waals surface area contributed by atoms with E-state index in [-0.39, 0.29) is 11.8 Å². The SMILES string of the molecule is CCC(CC)C(=O)NCCCc1nc2ccccc2n1CCCOc1cccc2ccccc12. The van der Waals surface area contributed by atoms with Gasteiger partial charge in [-0.2, -0.15) is 0 Å². The molecule has 178 valence electrons. The molecule has 0 spiro atoms. The van der Waals surface area contributed by atoms with Gasteiger partial charge in [0, 0.05) is 30.8 Å². The number of rotatable bonds is 12. The summed E-state index contributed by atoms with van der Waals surface area (Å²) in [5, 5.41) is 5.44. The van der Waals surface area contributed by atoms with E-state index < -0.39 is 0 Å². The molecule has 0 saturated carbocycles. The summed E-state index contributed by atoms with van der Waals surface area (Å²) in [5.74, 6) is 2.29. The number of benzene rings is 3. The summed E-state index contributed by atoms with van der Waals surface area (Å²) in [5.41, 5.74) is 2.18. The summed E-state index contributed by atoms with van der Waals surface area (Å²) in [4.78, 5) is 17.1. The highest BCUT2D eigenvalue weighted by Gasteiger charge is 2.14. The number of fused-ring (bicyclic) bond motifs is 2. The summed E-state index contributed by atoms with van der Waals surface area (Å²) >= 11 is 0. The average Bonchev–Trinajstić information content (AvgIpc) is 3.22. The van der Waals surface area contributed by atoms with Crippen LogP contribution >= 0.6 is 0 Å². The van der Waals surface area contributed by atoms with Crippen molar-refractivity contribution in [1.82, 2.24) is 14.9 Å². The predicted molar refractivity (Wildman–Crippen MR) is 139 cm³/mol. The van der Waals surface area contributed by atoms with Gasteiger partial charge in [-0.3, -0.25) is 4.79 Å². The standard InChI is InChI=1S/C29H35N3O2/c1-3-22(4-2)29(33)30-19-10-18-28-31-25-15-7-8-16-26(25)32(28)20-11-21-34-27-17-9-13-23-12-5-6-14-24(23)27/h5-9,12-17,22H,3-4,10-11,18-21H2,1-2H3,(H,30,33). The molecule has 3 aromatic carbocycles. The minimum atomic E-state index is 0.117. The van der Waals surface area contributed by atoms with E-state index in [0.29, 0.717) is 13.2 Å². The third kappa shape index (κ3) is 5.58. The van der Waals surface area contributed by atoms with Gasteiger partial charge in [0.05, 0.1) is 17.6 Å². The number of carbonyl (C=O) groups is 1. The van der Waals surface area contributed by atoms with E-state index >= 15 is 0 Å². The smallest absolute Gasteiger partial charge is 0.223 e. The Morgan fingerprint density at radius 1 is 0.971 bits per heavy atom. The first-order valence-corrected chi connectivity index (χ1v) is 12.5. The van der Waals surface area contributed by atoms with E-state index in [9.17, 15) is 4.79 Å². The molecule has 0 saturated heterocycles. The Labute approximate surface area is 202 Å². The van der Waals surface area contributed by atoms with Crippen molar-refractivity contribution in [2.75, 3.05) is 13.2 Å². The van der Waals surface area contributed by atoms with Crippen molar-refractivity contribution in [3.63, 3.8) is 0 Å². The second kappa shape index (κ2) is 11.7. The van der Waals surface area contributed by atoms with Gasteiger partial charge in [-0.05, 0) is 49.3 Å². The number of nitrogens with one attached hydrogen (secondary N) is 1. The van der Waals surface area contributed by atoms with Gasteiger partial charge in [0.25, 0.3) is 0 Å². The van der Waals surface area contributed by atoms with Crippen molar-refractivity contribution in [2.24, 2.45) is 5.92 Å². The molecular weight excluding hydrogens is 422 g/mol. The molecule has 34 heavy (non-hydrogen) atoms. The number of hydrogen-bond acceptors (Lipinski definition) is 3. The number of imidazole rings is 1. The van der Waals surface area contributed by atoms with Crippen LogP contribution in [0.25, 0.3) is 21.8 Å². The van der Waals surface area contributed by atoms with Gasteiger partial charge < -0.3 is 14.6 Å². The monoisotopic (exact) mass is 457 g/mol. The zero-order valence-electron chi connectivity index (χ0n) is 20.3. The number of carbonyl (C=O) groups excluding carboxylic acids is 1. The highest BCUT2D eigenvalue weighted by atomic mass is 16.5. The van der Waals surface area contributed by atoms with Crippen LogP contribution in [0.4, 0.5) is 0 Å². The first-order chi connectivity index (χ1) is 16.7. The molecule has 0 radical (unpaired) electrons. The quantitative estimate of drug-likeness (QED) is 0.260. The molecule has 1 N–H and O–H groups in total. The summed E-state index contributed by atoms with van der Waals surface area (Å²) in [6, 6.07) is 22.8. The normalized spacial score (nSPS) is 11.4. The molecule has 0 aliphatic carbocycles. The van der Waals surface area contributed by atoms with Crippen molar-refractivity contribution in [3.05, 3.63) is 72.6 Å². The molecule has 5 nitrogen and oxygen atoms in total. The number of aryl methyl sites for hydroxylation is 2. The second-order valence-corrected chi connectivity index (χ2v) is 8.76. The lowest BCUT2D eigenvalue weighted by Crippen LogP contribution is -2.31. The molecule has 0 fully saturated rings. The molecular formula is C29H35N3O2. The Hall–Kier alpha value is -3.34. The molecule has 5 heteroatoms. The van der Waals surface area contributed by atoms with E-state index in [1.54, 1.807) is 0 Å². The Bertz CT molecular complexity index is 1220. The average molecular weight is 458 g/mol. The summed E-state index contributed by atoms with van der Waals surface area (Å²) in [6.07, 6.45) is 4.38. The molecule has 0 aliphatic heterocycles. The number of nitrogens with zero attached hydrogens (tertiary/aromatic N) is 2. The minimum Gasteiger partial charge on any atom is -0.493 e. The Kier molecular flexibility index (Phi) is 8.18. The van der Waals surface area contributed by atoms with Crippen LogP contribution in [0, 0.1) is 5.92 Å². The van der Waals surface area contributed by atoms with E-state index in [4.69, 9.17) is 9.72 Å². The highest BCUT2D eigenvalue weighted by Crippen LogP contribution is 2.25. The number of hydrogen-bond donors (Lipinski definition) is 1. The third-order valence-electron chi connectivity index (χ3n) is 6.50. The van der Waals surface area contributed by atoms with Crippen LogP contribution in [0.5, 0.6) is 5.75 Å². The van der Waals surface area contributed by atoms with E-state index in [0.717, 1.165) is 66.6 Å². The van der Waals surface area contributed by atoms with Gasteiger partial charge in [0.15, 0.2) is 0 Å². The van der Waals surface area contributed by atoms with Crippen molar-refractivity contribution < 1.29 is 9.53 Å². The van der Waals surface area contributed by atoms with Crippen LogP contribution < -0.4 is 10.1 Å². The molecule has 0 aliphatic rings. The number of amides is 1. The lowest BCUT2D eigenvalue weighted by Gasteiger charge is -2.13. The van der Waals surface area contributed by atoms with Gasteiger partial charge in [-0.1, -0.05) is 62.4 Å². The minimum absolute atomic E-state index is 0.117. The zero-order valence-corrected chi connectivity index (χ0v) is 20.3. The number of ether oxygens (including phenoxy) is 1. The van der Waals surface area contributed by atoms with Crippen LogP contribution in [0.15, 0.2) is 66.7 Å². The van der Waals surface area contributed by atoms with E-state index in [1.807, 2.05) is 24.3 Å². The van der Waals surface area contributed by atoms with Crippen LogP contribution in [0.1, 0.15) is 45.4 Å². The Morgan fingerprint density at radius 2 is 1.74 bits per heavy atom. The van der Waals surface area contributed by atoms with Gasteiger partial charge in [0.1, 0.15) is 11.6 Å². The lowest BCUT2D eigenvalue weighted by molar-refractivity contribution is -0.125. The summed E-state index contributed by atoms with van der Waals surface area (Å²) in [6.45, 7) is 6.31. The van der Waals surface area contributed by atoms with E-state index in [1.165, 1.54) is 5.39 Å². The first-order valence-electron chi connectivity index (χ1n) is 12.5. The maximum absolute atomic E-state index is 12.3. The second-order valence-electron chi connectivity index (χ2n) is 8.76. The Morgan fingerprint density at radius 3 is 2.59 bits per heavy atom. The van der Waals surface area contributed by atoms with Crippen molar-refractivity contribution in [2.45, 2.75) is 52.5 Å². The Balaban J connectivity index is 1.36. The fourth-order valence-corrected chi connectivity index (χ4v) is 4.55. The van der Waals surface area contributed by atoms with E-state index in [2.05, 4.69) is 66.2 Å². The maximum Gasteiger partial charge on any atom is 0.223 e. The molecule has 4 aromatic rings. The molecule has 1 amide bonds. The van der Waals surface area contributed by atoms with Crippen molar-refractivity contribution >= 4 is 27.7 Å². The van der Waals surface area contributed by atoms with Crippen molar-refractivity contribution in [3.8, 4) is 5.75 Å². The summed E-state index contributed by atoms with van der Waals surface area (Å²) in [7, 11) is 0. The van der Waals surface area contributed by atoms with Crippen LogP contribution in [-0.2, 0) is 17.8 Å². The van der Waals surface area contributed by atoms with Crippen LogP contribution in [-0.4, -0.2) is 28.6 Å². The number of para-hydroxylation sites is 2. The molecule has 1 aromatic heterocycles. The van der Waals surface area contributed by atoms with Gasteiger partial charge >= 0.3 is 0 Å². The molecule has 0 unspecified atom stereocenters. The zero-order chi connectivity index (χ0) is 23.8. The largest absolute Gasteiger partial charge is 0.493 e. The predicted octanol–water partition coefficient (Wildman–Crippen LogP) is 6.14. The van der Waals surface area contributed by atoms with Gasteiger partial charge in [-0.25, -0.2) is 4.98 Å². The highest BCUT2D eigenvalue weighted by molar-refractivity contribution is 5.88. The first kappa shape index (κ1) is 23.8. The third-order valence-corrected chi connectivity index (χ3v) is 6.50. The molecule has 1 heterocycles. The number of aromatic nitrogens is 2. The lowest BCUT2D eigenvalue weighted by atomic mass is 10.0. The molecule has 0 bridgehead atoms. The fourth-order valence-electron chi connectivity index (χ4n) is 4.55. The molecule has 0 atom stereocenters. The molecule has 4 rings (SSSR count). The topological polar surface area (TPSA) is 56.2 Å². The summed E-state index contributed by atoms with van der Waals surface area (Å²) < 4.78 is 8.47. The van der Waals surface area contributed by atoms with Gasteiger partial charge in [0.2, 0.25) is 5.91 Å². The van der Waals surface area contributed by atoms with Crippen LogP contribution in [0.3, 0.4) is 0 Å². The fraction of sp³-hybridized carbons (Fsp3) is 0.379. The van der Waals surface area contributed by atoms with Crippen molar-refractivity contribution in [1.29, 1.82) is 0 Å². The van der Waals surface area contributed by atoms with Crippen LogP contribution in [0.2, 0.25) is 0 Å².